The molecule has 4 aromatic rings. The van der Waals surface area contributed by atoms with Crippen molar-refractivity contribution in [3.8, 4) is 11.3 Å². The van der Waals surface area contributed by atoms with E-state index < -0.39 is 0 Å². The molecule has 1 saturated carbocycles. The van der Waals surface area contributed by atoms with Gasteiger partial charge in [-0.05, 0) is 55.7 Å². The van der Waals surface area contributed by atoms with Crippen molar-refractivity contribution in [1.82, 2.24) is 14.3 Å². The van der Waals surface area contributed by atoms with Crippen molar-refractivity contribution in [2.24, 2.45) is 5.92 Å². The molecule has 1 aliphatic heterocycles. The third kappa shape index (κ3) is 3.24. The Labute approximate surface area is 181 Å². The molecular weight excluding hydrogens is 386 g/mol. The van der Waals surface area contributed by atoms with Gasteiger partial charge in [-0.25, -0.2) is 4.98 Å². The van der Waals surface area contributed by atoms with E-state index in [0.29, 0.717) is 5.92 Å². The van der Waals surface area contributed by atoms with Gasteiger partial charge in [0, 0.05) is 17.1 Å². The third-order valence-electron chi connectivity index (χ3n) is 7.15. The minimum atomic E-state index is -0.320. The van der Waals surface area contributed by atoms with Gasteiger partial charge in [0.15, 0.2) is 0 Å². The number of aliphatic hydroxyl groups is 1. The molecule has 3 heterocycles. The first-order valence-electron chi connectivity index (χ1n) is 11.3. The highest BCUT2D eigenvalue weighted by Gasteiger charge is 2.34. The Balaban J connectivity index is 1.10. The Kier molecular flexibility index (Phi) is 4.57. The molecule has 2 atom stereocenters. The molecule has 2 aromatic heterocycles. The van der Waals surface area contributed by atoms with Crippen molar-refractivity contribution in [2.75, 3.05) is 0 Å². The number of nitrogens with zero attached hydrogens (tertiary/aromatic N) is 3. The standard InChI is InChI=1S/C26H27N3O2/c30-26(15-24-21-6-2-3-7-22(21)25-16-27-17-28(24)25)19-9-11-20(12-10-19)31-29-14-13-18-5-1-4-8-23(18)29/h1-8,13-14,16-17,19-20,24,26,30H,9-12,15H2/t19-,20-,24?,26?. The lowest BCUT2D eigenvalue weighted by Gasteiger charge is -2.33. The molecule has 2 unspecified atom stereocenters. The molecule has 1 N–H and O–H groups in total. The van der Waals surface area contributed by atoms with Crippen LogP contribution in [0, 0.1) is 5.92 Å². The van der Waals surface area contributed by atoms with Gasteiger partial charge in [-0.2, -0.15) is 4.73 Å². The summed E-state index contributed by atoms with van der Waals surface area (Å²) >= 11 is 0. The lowest BCUT2D eigenvalue weighted by molar-refractivity contribution is -0.0115. The summed E-state index contributed by atoms with van der Waals surface area (Å²) in [4.78, 5) is 10.6. The first kappa shape index (κ1) is 18.7. The molecule has 158 valence electrons. The van der Waals surface area contributed by atoms with Crippen LogP contribution in [0.3, 0.4) is 0 Å². The first-order valence-corrected chi connectivity index (χ1v) is 11.3. The Morgan fingerprint density at radius 2 is 1.81 bits per heavy atom. The molecule has 1 aliphatic carbocycles. The van der Waals surface area contributed by atoms with Crippen LogP contribution in [-0.4, -0.2) is 31.6 Å². The Morgan fingerprint density at radius 1 is 1.00 bits per heavy atom. The topological polar surface area (TPSA) is 52.2 Å². The van der Waals surface area contributed by atoms with Gasteiger partial charge in [0.05, 0.1) is 35.9 Å². The second-order valence-electron chi connectivity index (χ2n) is 8.93. The maximum Gasteiger partial charge on any atom is 0.125 e. The Bertz CT molecular complexity index is 1200. The highest BCUT2D eigenvalue weighted by atomic mass is 16.7. The molecule has 31 heavy (non-hydrogen) atoms. The lowest BCUT2D eigenvalue weighted by Crippen LogP contribution is -2.34. The lowest BCUT2D eigenvalue weighted by atomic mass is 9.81. The van der Waals surface area contributed by atoms with Gasteiger partial charge in [0.1, 0.15) is 6.10 Å². The Hall–Kier alpha value is -3.05. The van der Waals surface area contributed by atoms with Gasteiger partial charge in [0.25, 0.3) is 0 Å². The average molecular weight is 414 g/mol. The molecule has 5 nitrogen and oxygen atoms in total. The summed E-state index contributed by atoms with van der Waals surface area (Å²) in [7, 11) is 0. The highest BCUT2D eigenvalue weighted by Crippen LogP contribution is 2.42. The summed E-state index contributed by atoms with van der Waals surface area (Å²) < 4.78 is 4.13. The van der Waals surface area contributed by atoms with E-state index in [9.17, 15) is 5.11 Å². The minimum Gasteiger partial charge on any atom is -0.411 e. The summed E-state index contributed by atoms with van der Waals surface area (Å²) in [6.45, 7) is 0. The number of aliphatic hydroxyl groups excluding tert-OH is 1. The largest absolute Gasteiger partial charge is 0.411 e. The van der Waals surface area contributed by atoms with Crippen molar-refractivity contribution >= 4 is 10.9 Å². The summed E-state index contributed by atoms with van der Waals surface area (Å²) in [6, 6.07) is 19.1. The SMILES string of the molecule is OC(CC1c2ccccc2-c2cncn21)[C@H]1CC[C@H](On2ccc3ccccc32)CC1. The molecule has 0 radical (unpaired) electrons. The molecule has 5 heteroatoms. The number of fused-ring (bicyclic) bond motifs is 4. The zero-order valence-electron chi connectivity index (χ0n) is 17.5. The predicted molar refractivity (Wildman–Crippen MR) is 121 cm³/mol. The van der Waals surface area contributed by atoms with Gasteiger partial charge in [-0.3, -0.25) is 0 Å². The fraction of sp³-hybridized carbons (Fsp3) is 0.346. The molecule has 6 rings (SSSR count). The number of para-hydroxylation sites is 1. The van der Waals surface area contributed by atoms with E-state index in [0.717, 1.165) is 43.3 Å². The first-order chi connectivity index (χ1) is 15.3. The van der Waals surface area contributed by atoms with Gasteiger partial charge >= 0.3 is 0 Å². The number of hydrogen-bond donors (Lipinski definition) is 1. The summed E-state index contributed by atoms with van der Waals surface area (Å²) in [6.07, 6.45) is 10.4. The summed E-state index contributed by atoms with van der Waals surface area (Å²) in [5, 5.41) is 12.3. The molecule has 0 spiro atoms. The fourth-order valence-electron chi connectivity index (χ4n) is 5.48. The van der Waals surface area contributed by atoms with Crippen LogP contribution in [0.2, 0.25) is 0 Å². The van der Waals surface area contributed by atoms with E-state index in [1.165, 1.54) is 16.5 Å². The smallest absolute Gasteiger partial charge is 0.125 e. The maximum atomic E-state index is 11.1. The van der Waals surface area contributed by atoms with E-state index in [2.05, 4.69) is 58.1 Å². The maximum absolute atomic E-state index is 11.1. The summed E-state index contributed by atoms with van der Waals surface area (Å²) in [5.41, 5.74) is 4.81. The second-order valence-corrected chi connectivity index (χ2v) is 8.93. The average Bonchev–Trinajstić information content (AvgIpc) is 3.51. The monoisotopic (exact) mass is 413 g/mol. The van der Waals surface area contributed by atoms with Crippen molar-refractivity contribution in [3.05, 3.63) is 78.9 Å². The van der Waals surface area contributed by atoms with Crippen LogP contribution in [0.4, 0.5) is 0 Å². The summed E-state index contributed by atoms with van der Waals surface area (Å²) in [5.74, 6) is 0.320. The molecule has 0 saturated heterocycles. The molecular formula is C26H27N3O2. The van der Waals surface area contributed by atoms with E-state index in [-0.39, 0.29) is 18.2 Å². The number of hydrogen-bond acceptors (Lipinski definition) is 3. The van der Waals surface area contributed by atoms with Crippen molar-refractivity contribution in [1.29, 1.82) is 0 Å². The van der Waals surface area contributed by atoms with E-state index >= 15 is 0 Å². The van der Waals surface area contributed by atoms with Gasteiger partial charge in [0.2, 0.25) is 0 Å². The van der Waals surface area contributed by atoms with E-state index in [4.69, 9.17) is 4.84 Å². The van der Waals surface area contributed by atoms with Crippen molar-refractivity contribution in [2.45, 2.75) is 50.4 Å². The Morgan fingerprint density at radius 3 is 2.71 bits per heavy atom. The van der Waals surface area contributed by atoms with Crippen LogP contribution in [0.25, 0.3) is 22.2 Å². The highest BCUT2D eigenvalue weighted by molar-refractivity contribution is 5.79. The number of rotatable bonds is 5. The quantitative estimate of drug-likeness (QED) is 0.509. The van der Waals surface area contributed by atoms with Crippen LogP contribution >= 0.6 is 0 Å². The van der Waals surface area contributed by atoms with Crippen LogP contribution < -0.4 is 4.84 Å². The van der Waals surface area contributed by atoms with Gasteiger partial charge in [-0.1, -0.05) is 42.5 Å². The molecule has 1 fully saturated rings. The van der Waals surface area contributed by atoms with Crippen molar-refractivity contribution in [3.63, 3.8) is 0 Å². The third-order valence-corrected chi connectivity index (χ3v) is 7.15. The zero-order valence-corrected chi connectivity index (χ0v) is 17.5. The van der Waals surface area contributed by atoms with Crippen LogP contribution in [0.5, 0.6) is 0 Å². The van der Waals surface area contributed by atoms with E-state index in [1.807, 2.05) is 29.5 Å². The van der Waals surface area contributed by atoms with Crippen LogP contribution in [-0.2, 0) is 0 Å². The van der Waals surface area contributed by atoms with Gasteiger partial charge in [-0.15, -0.1) is 0 Å². The molecule has 2 aromatic carbocycles. The number of aromatic nitrogens is 3. The van der Waals surface area contributed by atoms with Gasteiger partial charge < -0.3 is 14.5 Å². The zero-order chi connectivity index (χ0) is 20.8. The molecule has 0 bridgehead atoms. The minimum absolute atomic E-state index is 0.170. The molecule has 2 aliphatic rings. The van der Waals surface area contributed by atoms with E-state index in [1.54, 1.807) is 0 Å². The number of imidazole rings is 1. The fourth-order valence-corrected chi connectivity index (χ4v) is 5.48. The van der Waals surface area contributed by atoms with Crippen molar-refractivity contribution < 1.29 is 9.94 Å². The van der Waals surface area contributed by atoms with Crippen LogP contribution in [0.15, 0.2) is 73.3 Å². The normalized spacial score (nSPS) is 23.5. The molecule has 0 amide bonds. The second kappa shape index (κ2) is 7.57. The van der Waals surface area contributed by atoms with Crippen LogP contribution in [0.1, 0.15) is 43.7 Å². The predicted octanol–water partition coefficient (Wildman–Crippen LogP) is 4.85. The number of benzene rings is 2.